The lowest BCUT2D eigenvalue weighted by atomic mass is 10.2. The maximum Gasteiger partial charge on any atom is 0.219 e. The lowest BCUT2D eigenvalue weighted by molar-refractivity contribution is -0.120. The van der Waals surface area contributed by atoms with E-state index < -0.39 is 11.9 Å². The molecule has 4 N–H and O–H groups in total. The van der Waals surface area contributed by atoms with Crippen LogP contribution in [0.25, 0.3) is 0 Å². The van der Waals surface area contributed by atoms with Crippen LogP contribution in [0.2, 0.25) is 0 Å². The van der Waals surface area contributed by atoms with Crippen molar-refractivity contribution < 1.29 is 9.59 Å². The molecule has 0 rings (SSSR count). The van der Waals surface area contributed by atoms with E-state index in [-0.39, 0.29) is 6.42 Å². The molecule has 0 bridgehead atoms. The normalized spacial score (nSPS) is 12.6. The fourth-order valence-corrected chi connectivity index (χ4v) is 0.280. The molecule has 0 saturated heterocycles. The Balaban J connectivity index is 3.38. The average molecular weight is 116 g/mol. The van der Waals surface area contributed by atoms with Crippen molar-refractivity contribution >= 4 is 12.2 Å². The molecule has 4 nitrogen and oxygen atoms in total. The second-order valence-electron chi connectivity index (χ2n) is 1.47. The summed E-state index contributed by atoms with van der Waals surface area (Å²) < 4.78 is 0. The molecule has 1 unspecified atom stereocenters. The fourth-order valence-electron chi connectivity index (χ4n) is 0.280. The standard InChI is InChI=1S/C4H8N2O2/c5-3(2-7)1-4(6)8/h2-3H,1,5H2,(H2,6,8). The molecule has 0 aromatic rings. The number of rotatable bonds is 3. The Labute approximate surface area is 46.8 Å². The first-order valence-corrected chi connectivity index (χ1v) is 2.16. The summed E-state index contributed by atoms with van der Waals surface area (Å²) in [5.41, 5.74) is 9.70. The van der Waals surface area contributed by atoms with E-state index in [2.05, 4.69) is 0 Å². The SMILES string of the molecule is NC(=O)CC(N)C=O. The first-order valence-electron chi connectivity index (χ1n) is 2.16. The average Bonchev–Trinajstić information content (AvgIpc) is 1.65. The van der Waals surface area contributed by atoms with Crippen LogP contribution in [0.1, 0.15) is 6.42 Å². The molecular formula is C4H8N2O2. The molecule has 0 aliphatic carbocycles. The van der Waals surface area contributed by atoms with Gasteiger partial charge in [0.1, 0.15) is 6.29 Å². The van der Waals surface area contributed by atoms with Gasteiger partial charge in [-0.25, -0.2) is 0 Å². The van der Waals surface area contributed by atoms with Crippen LogP contribution in [0.3, 0.4) is 0 Å². The Kier molecular flexibility index (Phi) is 2.79. The van der Waals surface area contributed by atoms with Gasteiger partial charge in [-0.1, -0.05) is 0 Å². The molecule has 0 saturated carbocycles. The zero-order valence-corrected chi connectivity index (χ0v) is 4.33. The molecule has 0 aliphatic rings. The Bertz CT molecular complexity index is 102. The summed E-state index contributed by atoms with van der Waals surface area (Å²) in [6.07, 6.45) is 0.425. The summed E-state index contributed by atoms with van der Waals surface area (Å²) in [5, 5.41) is 0. The third kappa shape index (κ3) is 3.30. The van der Waals surface area contributed by atoms with E-state index >= 15 is 0 Å². The molecule has 46 valence electrons. The van der Waals surface area contributed by atoms with Gasteiger partial charge >= 0.3 is 0 Å². The monoisotopic (exact) mass is 116 g/mol. The number of carbonyl (C=O) groups excluding carboxylic acids is 2. The van der Waals surface area contributed by atoms with E-state index in [1.807, 2.05) is 0 Å². The first kappa shape index (κ1) is 7.10. The van der Waals surface area contributed by atoms with E-state index in [0.717, 1.165) is 0 Å². The number of aldehydes is 1. The van der Waals surface area contributed by atoms with E-state index in [1.54, 1.807) is 0 Å². The van der Waals surface area contributed by atoms with Gasteiger partial charge < -0.3 is 16.3 Å². The summed E-state index contributed by atoms with van der Waals surface area (Å²) >= 11 is 0. The predicted octanol–water partition coefficient (Wildman–Crippen LogP) is -1.61. The van der Waals surface area contributed by atoms with Crippen LogP contribution in [-0.2, 0) is 9.59 Å². The van der Waals surface area contributed by atoms with Crippen molar-refractivity contribution in [1.29, 1.82) is 0 Å². The topological polar surface area (TPSA) is 86.2 Å². The lowest BCUT2D eigenvalue weighted by Gasteiger charge is -1.95. The number of hydrogen-bond donors (Lipinski definition) is 2. The minimum Gasteiger partial charge on any atom is -0.370 e. The third-order valence-electron chi connectivity index (χ3n) is 0.612. The Morgan fingerprint density at radius 1 is 1.75 bits per heavy atom. The second kappa shape index (κ2) is 3.15. The van der Waals surface area contributed by atoms with Gasteiger partial charge in [0.05, 0.1) is 6.04 Å². The van der Waals surface area contributed by atoms with E-state index in [4.69, 9.17) is 11.5 Å². The van der Waals surface area contributed by atoms with Crippen molar-refractivity contribution in [1.82, 2.24) is 0 Å². The van der Waals surface area contributed by atoms with Gasteiger partial charge in [0.15, 0.2) is 0 Å². The zero-order valence-electron chi connectivity index (χ0n) is 4.33. The zero-order chi connectivity index (χ0) is 6.57. The first-order chi connectivity index (χ1) is 3.66. The van der Waals surface area contributed by atoms with Crippen LogP contribution in [0.4, 0.5) is 0 Å². The molecule has 0 fully saturated rings. The molecule has 0 radical (unpaired) electrons. The molecule has 8 heavy (non-hydrogen) atoms. The Morgan fingerprint density at radius 2 is 2.25 bits per heavy atom. The molecule has 0 aromatic carbocycles. The van der Waals surface area contributed by atoms with Crippen molar-refractivity contribution in [2.45, 2.75) is 12.5 Å². The second-order valence-corrected chi connectivity index (χ2v) is 1.47. The van der Waals surface area contributed by atoms with Gasteiger partial charge in [0.2, 0.25) is 5.91 Å². The van der Waals surface area contributed by atoms with Crippen LogP contribution in [0.15, 0.2) is 0 Å². The van der Waals surface area contributed by atoms with E-state index in [0.29, 0.717) is 6.29 Å². The summed E-state index contributed by atoms with van der Waals surface area (Å²) in [6, 6.07) is -0.729. The van der Waals surface area contributed by atoms with Gasteiger partial charge in [0, 0.05) is 6.42 Å². The highest BCUT2D eigenvalue weighted by molar-refractivity contribution is 5.78. The minimum atomic E-state index is -0.729. The molecule has 0 spiro atoms. The van der Waals surface area contributed by atoms with E-state index in [1.165, 1.54) is 0 Å². The van der Waals surface area contributed by atoms with Crippen molar-refractivity contribution in [3.8, 4) is 0 Å². The van der Waals surface area contributed by atoms with Crippen LogP contribution in [-0.4, -0.2) is 18.2 Å². The number of amides is 1. The molecule has 4 heteroatoms. The van der Waals surface area contributed by atoms with Gasteiger partial charge in [-0.15, -0.1) is 0 Å². The van der Waals surface area contributed by atoms with Crippen LogP contribution in [0.5, 0.6) is 0 Å². The molecule has 0 aliphatic heterocycles. The maximum absolute atomic E-state index is 9.95. The number of primary amides is 1. The quantitative estimate of drug-likeness (QED) is 0.435. The molecule has 1 amide bonds. The summed E-state index contributed by atoms with van der Waals surface area (Å²) in [7, 11) is 0. The predicted molar refractivity (Wildman–Crippen MR) is 27.9 cm³/mol. The molecular weight excluding hydrogens is 108 g/mol. The summed E-state index contributed by atoms with van der Waals surface area (Å²) in [4.78, 5) is 19.7. The third-order valence-corrected chi connectivity index (χ3v) is 0.612. The van der Waals surface area contributed by atoms with Gasteiger partial charge in [-0.05, 0) is 0 Å². The Morgan fingerprint density at radius 3 is 2.38 bits per heavy atom. The summed E-state index contributed by atoms with van der Waals surface area (Å²) in [5.74, 6) is -0.551. The largest absolute Gasteiger partial charge is 0.370 e. The Hall–Kier alpha value is -0.900. The maximum atomic E-state index is 9.95. The van der Waals surface area contributed by atoms with Crippen molar-refractivity contribution in [2.75, 3.05) is 0 Å². The van der Waals surface area contributed by atoms with Crippen LogP contribution >= 0.6 is 0 Å². The molecule has 0 heterocycles. The number of hydrogen-bond acceptors (Lipinski definition) is 3. The highest BCUT2D eigenvalue weighted by Crippen LogP contribution is 1.78. The molecule has 0 aromatic heterocycles. The smallest absolute Gasteiger partial charge is 0.219 e. The number of carbonyl (C=O) groups is 2. The van der Waals surface area contributed by atoms with Gasteiger partial charge in [-0.2, -0.15) is 0 Å². The highest BCUT2D eigenvalue weighted by Gasteiger charge is 2.02. The van der Waals surface area contributed by atoms with Crippen molar-refractivity contribution in [3.05, 3.63) is 0 Å². The van der Waals surface area contributed by atoms with Crippen molar-refractivity contribution in [2.24, 2.45) is 11.5 Å². The van der Waals surface area contributed by atoms with E-state index in [9.17, 15) is 9.59 Å². The van der Waals surface area contributed by atoms with Gasteiger partial charge in [-0.3, -0.25) is 4.79 Å². The summed E-state index contributed by atoms with van der Waals surface area (Å²) in [6.45, 7) is 0. The van der Waals surface area contributed by atoms with Gasteiger partial charge in [0.25, 0.3) is 0 Å². The lowest BCUT2D eigenvalue weighted by Crippen LogP contribution is -2.28. The van der Waals surface area contributed by atoms with Crippen LogP contribution in [0, 0.1) is 0 Å². The molecule has 1 atom stereocenters. The fraction of sp³-hybridized carbons (Fsp3) is 0.500. The minimum absolute atomic E-state index is 0.0660. The van der Waals surface area contributed by atoms with Crippen LogP contribution < -0.4 is 11.5 Å². The highest BCUT2D eigenvalue weighted by atomic mass is 16.1. The van der Waals surface area contributed by atoms with Crippen molar-refractivity contribution in [3.63, 3.8) is 0 Å². The number of nitrogens with two attached hydrogens (primary N) is 2.